The highest BCUT2D eigenvalue weighted by Crippen LogP contribution is 2.31. The van der Waals surface area contributed by atoms with E-state index in [1.807, 2.05) is 30.3 Å². The number of halogens is 1. The quantitative estimate of drug-likeness (QED) is 0.829. The lowest BCUT2D eigenvalue weighted by Gasteiger charge is -2.25. The zero-order chi connectivity index (χ0) is 13.9. The number of fused-ring (bicyclic) bond motifs is 1. The topological polar surface area (TPSA) is 41.1 Å². The molecule has 1 unspecified atom stereocenters. The van der Waals surface area contributed by atoms with Crippen molar-refractivity contribution in [1.29, 1.82) is 0 Å². The van der Waals surface area contributed by atoms with Crippen LogP contribution >= 0.6 is 0 Å². The number of benzene rings is 2. The lowest BCUT2D eigenvalue weighted by atomic mass is 10.00. The van der Waals surface area contributed by atoms with Crippen molar-refractivity contribution in [2.45, 2.75) is 18.9 Å². The smallest absolute Gasteiger partial charge is 0.224 e. The maximum Gasteiger partial charge on any atom is 0.224 e. The van der Waals surface area contributed by atoms with Gasteiger partial charge in [-0.1, -0.05) is 30.3 Å². The van der Waals surface area contributed by atoms with Crippen molar-refractivity contribution in [3.8, 4) is 0 Å². The Balaban J connectivity index is 1.98. The van der Waals surface area contributed by atoms with E-state index < -0.39 is 0 Å². The van der Waals surface area contributed by atoms with Crippen LogP contribution in [0.25, 0.3) is 0 Å². The van der Waals surface area contributed by atoms with Gasteiger partial charge in [-0.2, -0.15) is 0 Å². The molecule has 102 valence electrons. The van der Waals surface area contributed by atoms with Crippen LogP contribution in [0.3, 0.4) is 0 Å². The Morgan fingerprint density at radius 1 is 1.05 bits per heavy atom. The molecule has 4 heteroatoms. The van der Waals surface area contributed by atoms with Gasteiger partial charge in [0.25, 0.3) is 0 Å². The Bertz CT molecular complexity index is 628. The number of rotatable bonds is 1. The third kappa shape index (κ3) is 2.64. The van der Waals surface area contributed by atoms with Gasteiger partial charge >= 0.3 is 0 Å². The fourth-order valence-electron chi connectivity index (χ4n) is 2.43. The van der Waals surface area contributed by atoms with Crippen LogP contribution in [0, 0.1) is 5.82 Å². The SMILES string of the molecule is O=C1CCC(c2ccccc2)Nc2cc(F)ccc2N1. The zero-order valence-electron chi connectivity index (χ0n) is 10.9. The lowest BCUT2D eigenvalue weighted by molar-refractivity contribution is -0.116. The summed E-state index contributed by atoms with van der Waals surface area (Å²) in [5.74, 6) is -0.363. The summed E-state index contributed by atoms with van der Waals surface area (Å²) in [6.07, 6.45) is 1.11. The maximum atomic E-state index is 13.4. The van der Waals surface area contributed by atoms with E-state index in [1.54, 1.807) is 6.07 Å². The van der Waals surface area contributed by atoms with Crippen molar-refractivity contribution in [3.05, 3.63) is 59.9 Å². The van der Waals surface area contributed by atoms with Crippen LogP contribution in [-0.2, 0) is 4.79 Å². The number of carbonyl (C=O) groups is 1. The summed E-state index contributed by atoms with van der Waals surface area (Å²) in [5, 5.41) is 6.12. The van der Waals surface area contributed by atoms with Gasteiger partial charge in [0.1, 0.15) is 5.82 Å². The van der Waals surface area contributed by atoms with Crippen LogP contribution in [0.4, 0.5) is 15.8 Å². The Morgan fingerprint density at radius 3 is 2.65 bits per heavy atom. The van der Waals surface area contributed by atoms with Gasteiger partial charge < -0.3 is 10.6 Å². The van der Waals surface area contributed by atoms with E-state index in [-0.39, 0.29) is 17.8 Å². The second-order valence-electron chi connectivity index (χ2n) is 4.88. The van der Waals surface area contributed by atoms with E-state index in [4.69, 9.17) is 0 Å². The minimum absolute atomic E-state index is 0.00259. The standard InChI is InChI=1S/C16H15FN2O/c17-12-6-7-14-15(10-12)18-13(8-9-16(20)19-14)11-4-2-1-3-5-11/h1-7,10,13,18H,8-9H2,(H,19,20). The summed E-state index contributed by atoms with van der Waals surface area (Å²) in [7, 11) is 0. The average molecular weight is 270 g/mol. The number of nitrogens with one attached hydrogen (secondary N) is 2. The van der Waals surface area contributed by atoms with Gasteiger partial charge in [0, 0.05) is 6.42 Å². The molecule has 2 aromatic carbocycles. The van der Waals surface area contributed by atoms with E-state index in [2.05, 4.69) is 10.6 Å². The molecule has 0 saturated carbocycles. The predicted molar refractivity (Wildman–Crippen MR) is 77.1 cm³/mol. The molecule has 0 radical (unpaired) electrons. The van der Waals surface area contributed by atoms with E-state index in [9.17, 15) is 9.18 Å². The van der Waals surface area contributed by atoms with Crippen LogP contribution < -0.4 is 10.6 Å². The van der Waals surface area contributed by atoms with E-state index >= 15 is 0 Å². The number of hydrogen-bond acceptors (Lipinski definition) is 2. The van der Waals surface area contributed by atoms with Crippen LogP contribution in [0.2, 0.25) is 0 Å². The summed E-state index contributed by atoms with van der Waals surface area (Å²) < 4.78 is 13.4. The molecule has 0 bridgehead atoms. The predicted octanol–water partition coefficient (Wildman–Crippen LogP) is 3.71. The Kier molecular flexibility index (Phi) is 3.37. The van der Waals surface area contributed by atoms with Gasteiger partial charge in [0.15, 0.2) is 0 Å². The van der Waals surface area contributed by atoms with E-state index in [0.717, 1.165) is 5.56 Å². The Hall–Kier alpha value is -2.36. The zero-order valence-corrected chi connectivity index (χ0v) is 10.9. The highest BCUT2D eigenvalue weighted by Gasteiger charge is 2.19. The van der Waals surface area contributed by atoms with Crippen molar-refractivity contribution < 1.29 is 9.18 Å². The van der Waals surface area contributed by atoms with Crippen molar-refractivity contribution >= 4 is 17.3 Å². The van der Waals surface area contributed by atoms with Gasteiger partial charge in [-0.05, 0) is 30.2 Å². The molecule has 1 aliphatic heterocycles. The molecule has 1 aliphatic rings. The van der Waals surface area contributed by atoms with E-state index in [1.165, 1.54) is 12.1 Å². The first kappa shape index (κ1) is 12.7. The third-order valence-corrected chi connectivity index (χ3v) is 3.45. The molecule has 1 amide bonds. The lowest BCUT2D eigenvalue weighted by Crippen LogP contribution is -2.21. The van der Waals surface area contributed by atoms with Gasteiger partial charge in [0.2, 0.25) is 5.91 Å². The molecule has 1 heterocycles. The molecule has 3 nitrogen and oxygen atoms in total. The molecule has 1 atom stereocenters. The molecule has 0 saturated heterocycles. The third-order valence-electron chi connectivity index (χ3n) is 3.45. The molecule has 2 N–H and O–H groups in total. The maximum absolute atomic E-state index is 13.4. The average Bonchev–Trinajstić information content (AvgIpc) is 2.45. The molecule has 0 aliphatic carbocycles. The van der Waals surface area contributed by atoms with Crippen LogP contribution in [0.1, 0.15) is 24.4 Å². The molecule has 0 fully saturated rings. The summed E-state index contributed by atoms with van der Waals surface area (Å²) >= 11 is 0. The number of amides is 1. The fourth-order valence-corrected chi connectivity index (χ4v) is 2.43. The molecular formula is C16H15FN2O. The summed E-state index contributed by atoms with van der Waals surface area (Å²) in [6.45, 7) is 0. The number of anilines is 2. The van der Waals surface area contributed by atoms with Gasteiger partial charge in [0.05, 0.1) is 17.4 Å². The molecule has 3 rings (SSSR count). The highest BCUT2D eigenvalue weighted by molar-refractivity contribution is 5.94. The van der Waals surface area contributed by atoms with Gasteiger partial charge in [-0.25, -0.2) is 4.39 Å². The summed E-state index contributed by atoms with van der Waals surface area (Å²) in [6, 6.07) is 14.2. The molecule has 20 heavy (non-hydrogen) atoms. The van der Waals surface area contributed by atoms with Gasteiger partial charge in [-0.3, -0.25) is 4.79 Å². The van der Waals surface area contributed by atoms with Crippen molar-refractivity contribution in [1.82, 2.24) is 0 Å². The summed E-state index contributed by atoms with van der Waals surface area (Å²) in [5.41, 5.74) is 2.33. The molecule has 0 aromatic heterocycles. The second-order valence-corrected chi connectivity index (χ2v) is 4.88. The second kappa shape index (κ2) is 5.33. The minimum atomic E-state index is -0.321. The normalized spacial score (nSPS) is 18.2. The number of hydrogen-bond donors (Lipinski definition) is 2. The van der Waals surface area contributed by atoms with Crippen molar-refractivity contribution in [2.75, 3.05) is 10.6 Å². The summed E-state index contributed by atoms with van der Waals surface area (Å²) in [4.78, 5) is 11.8. The van der Waals surface area contributed by atoms with Crippen LogP contribution in [0.5, 0.6) is 0 Å². The van der Waals surface area contributed by atoms with Crippen molar-refractivity contribution in [2.24, 2.45) is 0 Å². The van der Waals surface area contributed by atoms with Crippen LogP contribution in [-0.4, -0.2) is 5.91 Å². The first-order valence-electron chi connectivity index (χ1n) is 6.63. The fraction of sp³-hybridized carbons (Fsp3) is 0.188. The molecular weight excluding hydrogens is 255 g/mol. The molecule has 2 aromatic rings. The molecule has 0 spiro atoms. The first-order chi connectivity index (χ1) is 9.72. The Labute approximate surface area is 116 Å². The van der Waals surface area contributed by atoms with E-state index in [0.29, 0.717) is 24.2 Å². The monoisotopic (exact) mass is 270 g/mol. The first-order valence-corrected chi connectivity index (χ1v) is 6.63. The highest BCUT2D eigenvalue weighted by atomic mass is 19.1. The largest absolute Gasteiger partial charge is 0.376 e. The Morgan fingerprint density at radius 2 is 1.85 bits per heavy atom. The minimum Gasteiger partial charge on any atom is -0.376 e. The number of carbonyl (C=O) groups excluding carboxylic acids is 1. The van der Waals surface area contributed by atoms with Crippen molar-refractivity contribution in [3.63, 3.8) is 0 Å². The van der Waals surface area contributed by atoms with Crippen LogP contribution in [0.15, 0.2) is 48.5 Å². The van der Waals surface area contributed by atoms with Gasteiger partial charge in [-0.15, -0.1) is 0 Å².